The highest BCUT2D eigenvalue weighted by Crippen LogP contribution is 2.27. The Kier molecular flexibility index (Phi) is 5.56. The summed E-state index contributed by atoms with van der Waals surface area (Å²) in [6.07, 6.45) is 0.598. The summed E-state index contributed by atoms with van der Waals surface area (Å²) >= 11 is 1.55. The number of carboxylic acids is 1. The third-order valence-electron chi connectivity index (χ3n) is 4.46. The highest BCUT2D eigenvalue weighted by Gasteiger charge is 2.33. The fourth-order valence-electron chi connectivity index (χ4n) is 3.26. The van der Waals surface area contributed by atoms with Crippen molar-refractivity contribution in [2.75, 3.05) is 13.1 Å². The zero-order valence-electron chi connectivity index (χ0n) is 14.8. The molecule has 2 unspecified atom stereocenters. The molecule has 1 aliphatic heterocycles. The van der Waals surface area contributed by atoms with E-state index in [1.165, 1.54) is 0 Å². The van der Waals surface area contributed by atoms with Crippen molar-refractivity contribution in [1.29, 1.82) is 0 Å². The maximum absolute atomic E-state index is 13.0. The van der Waals surface area contributed by atoms with Crippen LogP contribution in [0, 0.1) is 18.8 Å². The van der Waals surface area contributed by atoms with Gasteiger partial charge in [-0.15, -0.1) is 11.3 Å². The highest BCUT2D eigenvalue weighted by atomic mass is 32.1. The summed E-state index contributed by atoms with van der Waals surface area (Å²) in [5.74, 6) is -0.910. The molecule has 1 aliphatic rings. The van der Waals surface area contributed by atoms with Gasteiger partial charge < -0.3 is 14.7 Å². The molecule has 1 fully saturated rings. The lowest BCUT2D eigenvalue weighted by Crippen LogP contribution is -2.45. The Bertz CT molecular complexity index is 804. The number of aromatic nitrogens is 1. The van der Waals surface area contributed by atoms with Gasteiger partial charge in [-0.05, 0) is 31.4 Å². The van der Waals surface area contributed by atoms with Crippen molar-refractivity contribution in [3.8, 4) is 5.75 Å². The maximum atomic E-state index is 13.0. The molecule has 0 spiro atoms. The van der Waals surface area contributed by atoms with Gasteiger partial charge in [-0.25, -0.2) is 4.98 Å². The van der Waals surface area contributed by atoms with Gasteiger partial charge in [0.1, 0.15) is 12.4 Å². The van der Waals surface area contributed by atoms with E-state index in [4.69, 9.17) is 4.74 Å². The molecule has 0 bridgehead atoms. The molecular weight excluding hydrogens is 352 g/mol. The van der Waals surface area contributed by atoms with Crippen molar-refractivity contribution in [3.63, 3.8) is 0 Å². The summed E-state index contributed by atoms with van der Waals surface area (Å²) in [5.41, 5.74) is 1.28. The first-order valence-electron chi connectivity index (χ1n) is 8.59. The van der Waals surface area contributed by atoms with E-state index in [1.807, 2.05) is 25.3 Å². The normalized spacial score (nSPS) is 20.0. The first-order valence-corrected chi connectivity index (χ1v) is 9.47. The minimum atomic E-state index is -0.849. The Balaban J connectivity index is 1.75. The van der Waals surface area contributed by atoms with Crippen LogP contribution in [-0.2, 0) is 11.4 Å². The monoisotopic (exact) mass is 374 g/mol. The number of hydrogen-bond acceptors (Lipinski definition) is 5. The number of nitrogens with zero attached hydrogens (tertiary/aromatic N) is 2. The van der Waals surface area contributed by atoms with Crippen LogP contribution in [0.5, 0.6) is 5.75 Å². The molecular formula is C19H22N2O4S. The number of carboxylic acid groups (broad SMARTS) is 1. The van der Waals surface area contributed by atoms with Gasteiger partial charge in [0.05, 0.1) is 22.2 Å². The van der Waals surface area contributed by atoms with Crippen LogP contribution in [-0.4, -0.2) is 40.0 Å². The largest absolute Gasteiger partial charge is 0.486 e. The Morgan fingerprint density at radius 1 is 1.35 bits per heavy atom. The third-order valence-corrected chi connectivity index (χ3v) is 5.28. The van der Waals surface area contributed by atoms with Crippen LogP contribution in [0.3, 0.4) is 0 Å². The summed E-state index contributed by atoms with van der Waals surface area (Å²) in [6, 6.07) is 7.08. The number of ether oxygens (including phenoxy) is 1. The molecule has 3 rings (SSSR count). The molecule has 0 aliphatic carbocycles. The second-order valence-corrected chi connectivity index (χ2v) is 7.79. The number of thiazole rings is 1. The van der Waals surface area contributed by atoms with Crippen LogP contribution in [0.1, 0.15) is 34.4 Å². The van der Waals surface area contributed by atoms with Crippen LogP contribution in [0.4, 0.5) is 0 Å². The minimum Gasteiger partial charge on any atom is -0.486 e. The second-order valence-electron chi connectivity index (χ2n) is 6.73. The number of carbonyl (C=O) groups excluding carboxylic acids is 1. The molecule has 1 N–H and O–H groups in total. The van der Waals surface area contributed by atoms with Gasteiger partial charge in [0.2, 0.25) is 0 Å². The van der Waals surface area contributed by atoms with Crippen molar-refractivity contribution < 1.29 is 19.4 Å². The topological polar surface area (TPSA) is 79.7 Å². The number of piperidine rings is 1. The van der Waals surface area contributed by atoms with Gasteiger partial charge in [-0.1, -0.05) is 19.1 Å². The number of benzene rings is 1. The van der Waals surface area contributed by atoms with E-state index in [0.29, 0.717) is 30.9 Å². The smallest absolute Gasteiger partial charge is 0.308 e. The SMILES string of the molecule is Cc1nc(COc2ccccc2C(=O)N2CC(C)CC(C(=O)O)C2)cs1. The number of aryl methyl sites for hydroxylation is 1. The fraction of sp³-hybridized carbons (Fsp3) is 0.421. The van der Waals surface area contributed by atoms with Crippen molar-refractivity contribution in [3.05, 3.63) is 45.9 Å². The van der Waals surface area contributed by atoms with Gasteiger partial charge in [-0.3, -0.25) is 9.59 Å². The summed E-state index contributed by atoms with van der Waals surface area (Å²) in [5, 5.41) is 12.2. The molecule has 1 saturated heterocycles. The van der Waals surface area contributed by atoms with Crippen LogP contribution >= 0.6 is 11.3 Å². The third kappa shape index (κ3) is 4.22. The van der Waals surface area contributed by atoms with Gasteiger partial charge in [-0.2, -0.15) is 0 Å². The number of likely N-dealkylation sites (tertiary alicyclic amines) is 1. The first-order chi connectivity index (χ1) is 12.4. The molecule has 2 heterocycles. The Morgan fingerprint density at radius 2 is 2.12 bits per heavy atom. The van der Waals surface area contributed by atoms with Crippen molar-refractivity contribution >= 4 is 23.2 Å². The van der Waals surface area contributed by atoms with Gasteiger partial charge in [0.15, 0.2) is 0 Å². The molecule has 138 valence electrons. The van der Waals surface area contributed by atoms with E-state index in [2.05, 4.69) is 4.98 Å². The summed E-state index contributed by atoms with van der Waals surface area (Å²) in [4.78, 5) is 30.3. The highest BCUT2D eigenvalue weighted by molar-refractivity contribution is 7.09. The van der Waals surface area contributed by atoms with Crippen LogP contribution < -0.4 is 4.74 Å². The Hall–Kier alpha value is -2.41. The van der Waals surface area contributed by atoms with Crippen molar-refractivity contribution in [2.24, 2.45) is 11.8 Å². The molecule has 26 heavy (non-hydrogen) atoms. The molecule has 6 nitrogen and oxygen atoms in total. The lowest BCUT2D eigenvalue weighted by molar-refractivity contribution is -0.143. The number of rotatable bonds is 5. The number of carbonyl (C=O) groups is 2. The standard InChI is InChI=1S/C19H22N2O4S/c1-12-7-14(19(23)24)9-21(8-12)18(22)16-5-3-4-6-17(16)25-10-15-11-26-13(2)20-15/h3-6,11-12,14H,7-10H2,1-2H3,(H,23,24). The minimum absolute atomic E-state index is 0.153. The predicted molar refractivity (Wildman–Crippen MR) is 98.4 cm³/mol. The Labute approximate surface area is 156 Å². The van der Waals surface area contributed by atoms with Gasteiger partial charge in [0.25, 0.3) is 5.91 Å². The molecule has 2 atom stereocenters. The number of para-hydroxylation sites is 1. The molecule has 2 aromatic rings. The number of amides is 1. The number of aliphatic carboxylic acids is 1. The molecule has 1 aromatic heterocycles. The van der Waals surface area contributed by atoms with E-state index in [0.717, 1.165) is 10.7 Å². The molecule has 0 saturated carbocycles. The fourth-order valence-corrected chi connectivity index (χ4v) is 3.86. The average molecular weight is 374 g/mol. The molecule has 7 heteroatoms. The van der Waals surface area contributed by atoms with E-state index >= 15 is 0 Å². The molecule has 1 amide bonds. The summed E-state index contributed by atoms with van der Waals surface area (Å²) in [6.45, 7) is 4.99. The van der Waals surface area contributed by atoms with Crippen LogP contribution in [0.15, 0.2) is 29.6 Å². The average Bonchev–Trinajstić information content (AvgIpc) is 3.04. The van der Waals surface area contributed by atoms with Crippen LogP contribution in [0.2, 0.25) is 0 Å². The summed E-state index contributed by atoms with van der Waals surface area (Å²) < 4.78 is 5.83. The zero-order chi connectivity index (χ0) is 18.7. The predicted octanol–water partition coefficient (Wildman–Crippen LogP) is 3.21. The number of hydrogen-bond donors (Lipinski definition) is 1. The van der Waals surface area contributed by atoms with Crippen molar-refractivity contribution in [1.82, 2.24) is 9.88 Å². The first kappa shape index (κ1) is 18.4. The van der Waals surface area contributed by atoms with Gasteiger partial charge in [0, 0.05) is 18.5 Å². The van der Waals surface area contributed by atoms with Gasteiger partial charge >= 0.3 is 5.97 Å². The Morgan fingerprint density at radius 3 is 2.81 bits per heavy atom. The second kappa shape index (κ2) is 7.86. The van der Waals surface area contributed by atoms with E-state index < -0.39 is 11.9 Å². The quantitative estimate of drug-likeness (QED) is 0.869. The summed E-state index contributed by atoms with van der Waals surface area (Å²) in [7, 11) is 0. The lowest BCUT2D eigenvalue weighted by Gasteiger charge is -2.35. The molecule has 0 radical (unpaired) electrons. The van der Waals surface area contributed by atoms with E-state index in [1.54, 1.807) is 34.4 Å². The molecule has 1 aromatic carbocycles. The lowest BCUT2D eigenvalue weighted by atomic mass is 9.90. The van der Waals surface area contributed by atoms with E-state index in [-0.39, 0.29) is 18.4 Å². The maximum Gasteiger partial charge on any atom is 0.308 e. The van der Waals surface area contributed by atoms with E-state index in [9.17, 15) is 14.7 Å². The van der Waals surface area contributed by atoms with Crippen molar-refractivity contribution in [2.45, 2.75) is 26.9 Å². The van der Waals surface area contributed by atoms with Crippen LogP contribution in [0.25, 0.3) is 0 Å². The zero-order valence-corrected chi connectivity index (χ0v) is 15.7.